The standard InChI is InChI=1S/C20H23N7O/c1-14-10-15(2)27(25-14)19-11-18(22-13-23-19)26-9-3-4-16(12-26)20(28)24-17-5-7-21-8-6-17/h5-8,10-11,13,16H,3-4,9,12H2,1-2H3,(H,21,24,28). The van der Waals surface area contributed by atoms with Crippen LogP contribution in [0.4, 0.5) is 11.5 Å². The Hall–Kier alpha value is -3.29. The summed E-state index contributed by atoms with van der Waals surface area (Å²) in [5.74, 6) is 1.50. The monoisotopic (exact) mass is 377 g/mol. The second kappa shape index (κ2) is 7.75. The van der Waals surface area contributed by atoms with Gasteiger partial charge in [-0.25, -0.2) is 14.6 Å². The lowest BCUT2D eigenvalue weighted by molar-refractivity contribution is -0.120. The maximum absolute atomic E-state index is 12.7. The first-order chi connectivity index (χ1) is 13.6. The van der Waals surface area contributed by atoms with E-state index in [0.29, 0.717) is 6.54 Å². The van der Waals surface area contributed by atoms with Crippen molar-refractivity contribution < 1.29 is 4.79 Å². The molecule has 144 valence electrons. The van der Waals surface area contributed by atoms with E-state index in [4.69, 9.17) is 0 Å². The molecule has 0 radical (unpaired) electrons. The minimum atomic E-state index is -0.0889. The van der Waals surface area contributed by atoms with Crippen molar-refractivity contribution in [1.29, 1.82) is 0 Å². The Morgan fingerprint density at radius 1 is 1.14 bits per heavy atom. The first-order valence-corrected chi connectivity index (χ1v) is 9.41. The van der Waals surface area contributed by atoms with Crippen LogP contribution >= 0.6 is 0 Å². The van der Waals surface area contributed by atoms with Gasteiger partial charge in [-0.05, 0) is 44.9 Å². The predicted octanol–water partition coefficient (Wildman–Crippen LogP) is 2.53. The quantitative estimate of drug-likeness (QED) is 0.752. The summed E-state index contributed by atoms with van der Waals surface area (Å²) in [6, 6.07) is 7.54. The fraction of sp³-hybridized carbons (Fsp3) is 0.350. The van der Waals surface area contributed by atoms with Crippen molar-refractivity contribution in [2.45, 2.75) is 26.7 Å². The van der Waals surface area contributed by atoms with Crippen LogP contribution in [0, 0.1) is 19.8 Å². The molecular formula is C20H23N7O. The second-order valence-corrected chi connectivity index (χ2v) is 7.08. The highest BCUT2D eigenvalue weighted by atomic mass is 16.1. The molecule has 1 aliphatic rings. The number of pyridine rings is 1. The van der Waals surface area contributed by atoms with Crippen molar-refractivity contribution in [3.63, 3.8) is 0 Å². The summed E-state index contributed by atoms with van der Waals surface area (Å²) in [7, 11) is 0. The Balaban J connectivity index is 1.49. The third-order valence-electron chi connectivity index (χ3n) is 4.93. The summed E-state index contributed by atoms with van der Waals surface area (Å²) in [5.41, 5.74) is 2.74. The molecule has 8 heteroatoms. The van der Waals surface area contributed by atoms with Gasteiger partial charge < -0.3 is 10.2 Å². The molecule has 0 aliphatic carbocycles. The first kappa shape index (κ1) is 18.1. The van der Waals surface area contributed by atoms with Gasteiger partial charge >= 0.3 is 0 Å². The minimum absolute atomic E-state index is 0.0312. The van der Waals surface area contributed by atoms with Crippen LogP contribution in [-0.4, -0.2) is 43.7 Å². The highest BCUT2D eigenvalue weighted by Gasteiger charge is 2.27. The Morgan fingerprint density at radius 3 is 2.68 bits per heavy atom. The van der Waals surface area contributed by atoms with Crippen LogP contribution in [0.2, 0.25) is 0 Å². The van der Waals surface area contributed by atoms with E-state index >= 15 is 0 Å². The predicted molar refractivity (Wildman–Crippen MR) is 106 cm³/mol. The highest BCUT2D eigenvalue weighted by molar-refractivity contribution is 5.92. The van der Waals surface area contributed by atoms with Gasteiger partial charge in [-0.3, -0.25) is 9.78 Å². The van der Waals surface area contributed by atoms with Gasteiger partial charge in [-0.1, -0.05) is 0 Å². The van der Waals surface area contributed by atoms with Gasteiger partial charge in [0.2, 0.25) is 5.91 Å². The number of hydrogen-bond acceptors (Lipinski definition) is 6. The molecule has 1 fully saturated rings. The number of carbonyl (C=O) groups excluding carboxylic acids is 1. The van der Waals surface area contributed by atoms with Gasteiger partial charge in [0.25, 0.3) is 0 Å². The van der Waals surface area contributed by atoms with Crippen LogP contribution in [-0.2, 0) is 4.79 Å². The van der Waals surface area contributed by atoms with E-state index in [0.717, 1.165) is 48.1 Å². The van der Waals surface area contributed by atoms with E-state index in [-0.39, 0.29) is 11.8 Å². The van der Waals surface area contributed by atoms with Crippen LogP contribution in [0.25, 0.3) is 5.82 Å². The number of rotatable bonds is 4. The van der Waals surface area contributed by atoms with Gasteiger partial charge in [0.05, 0.1) is 11.6 Å². The fourth-order valence-electron chi connectivity index (χ4n) is 3.57. The fourth-order valence-corrected chi connectivity index (χ4v) is 3.57. The number of carbonyl (C=O) groups is 1. The van der Waals surface area contributed by atoms with E-state index in [1.165, 1.54) is 0 Å². The van der Waals surface area contributed by atoms with Crippen LogP contribution in [0.15, 0.2) is 43.0 Å². The van der Waals surface area contributed by atoms with Crippen molar-refractivity contribution in [2.75, 3.05) is 23.3 Å². The normalized spacial score (nSPS) is 16.8. The molecule has 3 aromatic rings. The van der Waals surface area contributed by atoms with Gasteiger partial charge in [0.1, 0.15) is 12.1 Å². The van der Waals surface area contributed by atoms with Crippen LogP contribution in [0.5, 0.6) is 0 Å². The van der Waals surface area contributed by atoms with Gasteiger partial charge in [0.15, 0.2) is 5.82 Å². The number of anilines is 2. The Bertz CT molecular complexity index is 970. The highest BCUT2D eigenvalue weighted by Crippen LogP contribution is 2.24. The van der Waals surface area contributed by atoms with Gasteiger partial charge in [-0.2, -0.15) is 5.10 Å². The molecule has 0 aromatic carbocycles. The molecule has 1 amide bonds. The molecule has 4 heterocycles. The zero-order valence-electron chi connectivity index (χ0n) is 16.0. The molecule has 1 aliphatic heterocycles. The molecule has 1 saturated heterocycles. The van der Waals surface area contributed by atoms with E-state index in [1.54, 1.807) is 30.9 Å². The maximum atomic E-state index is 12.7. The summed E-state index contributed by atoms with van der Waals surface area (Å²) in [6.07, 6.45) is 6.70. The average molecular weight is 377 g/mol. The van der Waals surface area contributed by atoms with Gasteiger partial charge in [-0.15, -0.1) is 0 Å². The molecule has 1 unspecified atom stereocenters. The largest absolute Gasteiger partial charge is 0.356 e. The summed E-state index contributed by atoms with van der Waals surface area (Å²) in [5, 5.41) is 7.47. The van der Waals surface area contributed by atoms with Crippen LogP contribution in [0.1, 0.15) is 24.2 Å². The molecule has 4 rings (SSSR count). The molecule has 28 heavy (non-hydrogen) atoms. The molecule has 1 N–H and O–H groups in total. The second-order valence-electron chi connectivity index (χ2n) is 7.08. The maximum Gasteiger partial charge on any atom is 0.229 e. The van der Waals surface area contributed by atoms with Crippen molar-refractivity contribution in [2.24, 2.45) is 5.92 Å². The first-order valence-electron chi connectivity index (χ1n) is 9.41. The number of nitrogens with zero attached hydrogens (tertiary/aromatic N) is 6. The number of aromatic nitrogens is 5. The number of amides is 1. The lowest BCUT2D eigenvalue weighted by Gasteiger charge is -2.32. The van der Waals surface area contributed by atoms with E-state index in [9.17, 15) is 4.79 Å². The Labute approximate surface area is 163 Å². The van der Waals surface area contributed by atoms with Crippen LogP contribution in [0.3, 0.4) is 0 Å². The number of aryl methyl sites for hydroxylation is 2. The molecule has 8 nitrogen and oxygen atoms in total. The Morgan fingerprint density at radius 2 is 1.93 bits per heavy atom. The summed E-state index contributed by atoms with van der Waals surface area (Å²) < 4.78 is 1.82. The lowest BCUT2D eigenvalue weighted by atomic mass is 9.97. The van der Waals surface area contributed by atoms with Gasteiger partial charge in [0, 0.05) is 42.9 Å². The number of piperidine rings is 1. The zero-order valence-corrected chi connectivity index (χ0v) is 16.0. The van der Waals surface area contributed by atoms with Crippen molar-refractivity contribution in [3.8, 4) is 5.82 Å². The van der Waals surface area contributed by atoms with E-state index < -0.39 is 0 Å². The molecular weight excluding hydrogens is 354 g/mol. The molecule has 1 atom stereocenters. The van der Waals surface area contributed by atoms with Crippen molar-refractivity contribution >= 4 is 17.4 Å². The smallest absolute Gasteiger partial charge is 0.229 e. The number of hydrogen-bond donors (Lipinski definition) is 1. The third-order valence-corrected chi connectivity index (χ3v) is 4.93. The molecule has 3 aromatic heterocycles. The summed E-state index contributed by atoms with van der Waals surface area (Å²) >= 11 is 0. The number of nitrogens with one attached hydrogen (secondary N) is 1. The molecule has 0 saturated carbocycles. The van der Waals surface area contributed by atoms with E-state index in [2.05, 4.69) is 30.3 Å². The van der Waals surface area contributed by atoms with E-state index in [1.807, 2.05) is 30.7 Å². The van der Waals surface area contributed by atoms with Crippen molar-refractivity contribution in [3.05, 3.63) is 54.4 Å². The molecule has 0 spiro atoms. The minimum Gasteiger partial charge on any atom is -0.356 e. The summed E-state index contributed by atoms with van der Waals surface area (Å²) in [4.78, 5) is 27.6. The van der Waals surface area contributed by atoms with Crippen molar-refractivity contribution in [1.82, 2.24) is 24.7 Å². The topological polar surface area (TPSA) is 88.8 Å². The van der Waals surface area contributed by atoms with Crippen LogP contribution < -0.4 is 10.2 Å². The average Bonchev–Trinajstić information content (AvgIpc) is 3.07. The Kier molecular flexibility index (Phi) is 5.01. The third kappa shape index (κ3) is 3.85. The molecule has 0 bridgehead atoms. The zero-order chi connectivity index (χ0) is 19.5. The summed E-state index contributed by atoms with van der Waals surface area (Å²) in [6.45, 7) is 5.46. The SMILES string of the molecule is Cc1cc(C)n(-c2cc(N3CCCC(C(=O)Nc4ccncc4)C3)ncn2)n1. The lowest BCUT2D eigenvalue weighted by Crippen LogP contribution is -2.41.